The first-order valence-corrected chi connectivity index (χ1v) is 6.08. The normalized spacial score (nSPS) is 16.2. The van der Waals surface area contributed by atoms with Crippen LogP contribution < -0.4 is 15.4 Å². The second kappa shape index (κ2) is 5.10. The highest BCUT2D eigenvalue weighted by atomic mass is 16.5. The molecule has 0 aliphatic carbocycles. The van der Waals surface area contributed by atoms with E-state index in [0.29, 0.717) is 6.61 Å². The second-order valence-electron chi connectivity index (χ2n) is 4.20. The monoisotopic (exact) mass is 220 g/mol. The van der Waals surface area contributed by atoms with Gasteiger partial charge in [0.2, 0.25) is 0 Å². The lowest BCUT2D eigenvalue weighted by atomic mass is 10.1. The Morgan fingerprint density at radius 3 is 2.69 bits per heavy atom. The highest BCUT2D eigenvalue weighted by Gasteiger charge is 2.14. The van der Waals surface area contributed by atoms with Crippen LogP contribution in [-0.4, -0.2) is 19.7 Å². The van der Waals surface area contributed by atoms with E-state index in [4.69, 9.17) is 10.5 Å². The molecule has 0 atom stereocenters. The Labute approximate surface area is 97.2 Å². The summed E-state index contributed by atoms with van der Waals surface area (Å²) >= 11 is 0. The predicted molar refractivity (Wildman–Crippen MR) is 68.1 cm³/mol. The Morgan fingerprint density at radius 1 is 1.25 bits per heavy atom. The van der Waals surface area contributed by atoms with E-state index >= 15 is 0 Å². The standard InChI is InChI=1S/C13H20N2O/c1-2-16-11-6-7-12(14)13(10-11)15-8-4-3-5-9-15/h6-7,10H,2-5,8-9,14H2,1H3. The minimum atomic E-state index is 0.698. The summed E-state index contributed by atoms with van der Waals surface area (Å²) in [6.45, 7) is 4.92. The van der Waals surface area contributed by atoms with Crippen LogP contribution in [-0.2, 0) is 0 Å². The number of anilines is 2. The average Bonchev–Trinajstić information content (AvgIpc) is 2.33. The van der Waals surface area contributed by atoms with Crippen molar-refractivity contribution in [3.05, 3.63) is 18.2 Å². The lowest BCUT2D eigenvalue weighted by molar-refractivity contribution is 0.340. The number of hydrogen-bond acceptors (Lipinski definition) is 3. The molecule has 0 radical (unpaired) electrons. The van der Waals surface area contributed by atoms with Gasteiger partial charge in [-0.25, -0.2) is 0 Å². The van der Waals surface area contributed by atoms with E-state index in [-0.39, 0.29) is 0 Å². The van der Waals surface area contributed by atoms with Crippen molar-refractivity contribution in [2.24, 2.45) is 0 Å². The second-order valence-corrected chi connectivity index (χ2v) is 4.20. The third-order valence-electron chi connectivity index (χ3n) is 3.01. The number of rotatable bonds is 3. The van der Waals surface area contributed by atoms with Crippen molar-refractivity contribution in [3.63, 3.8) is 0 Å². The van der Waals surface area contributed by atoms with Crippen molar-refractivity contribution in [3.8, 4) is 5.75 Å². The molecule has 0 amide bonds. The van der Waals surface area contributed by atoms with Gasteiger partial charge in [-0.3, -0.25) is 0 Å². The summed E-state index contributed by atoms with van der Waals surface area (Å²) in [6, 6.07) is 5.94. The van der Waals surface area contributed by atoms with E-state index in [9.17, 15) is 0 Å². The summed E-state index contributed by atoms with van der Waals surface area (Å²) in [6.07, 6.45) is 3.86. The molecule has 1 aromatic rings. The summed E-state index contributed by atoms with van der Waals surface area (Å²) < 4.78 is 5.51. The molecule has 3 nitrogen and oxygen atoms in total. The van der Waals surface area contributed by atoms with Crippen molar-refractivity contribution in [1.29, 1.82) is 0 Å². The molecule has 0 spiro atoms. The Hall–Kier alpha value is -1.38. The maximum Gasteiger partial charge on any atom is 0.121 e. The van der Waals surface area contributed by atoms with Crippen LogP contribution in [0.15, 0.2) is 18.2 Å². The maximum absolute atomic E-state index is 6.02. The van der Waals surface area contributed by atoms with Gasteiger partial charge in [0.1, 0.15) is 5.75 Å². The molecule has 0 aromatic heterocycles. The molecular formula is C13H20N2O. The fraction of sp³-hybridized carbons (Fsp3) is 0.538. The van der Waals surface area contributed by atoms with E-state index in [1.54, 1.807) is 0 Å². The number of nitrogens with zero attached hydrogens (tertiary/aromatic N) is 1. The van der Waals surface area contributed by atoms with Crippen LogP contribution in [0.4, 0.5) is 11.4 Å². The van der Waals surface area contributed by atoms with Crippen molar-refractivity contribution in [1.82, 2.24) is 0 Å². The third-order valence-corrected chi connectivity index (χ3v) is 3.01. The van der Waals surface area contributed by atoms with Gasteiger partial charge >= 0.3 is 0 Å². The number of ether oxygens (including phenoxy) is 1. The first-order valence-electron chi connectivity index (χ1n) is 6.08. The molecule has 88 valence electrons. The van der Waals surface area contributed by atoms with E-state index in [0.717, 1.165) is 30.2 Å². The summed E-state index contributed by atoms with van der Waals surface area (Å²) in [7, 11) is 0. The minimum absolute atomic E-state index is 0.698. The van der Waals surface area contributed by atoms with Crippen molar-refractivity contribution >= 4 is 11.4 Å². The Kier molecular flexibility index (Phi) is 3.54. The quantitative estimate of drug-likeness (QED) is 0.796. The number of benzene rings is 1. The fourth-order valence-corrected chi connectivity index (χ4v) is 2.19. The average molecular weight is 220 g/mol. The zero-order valence-electron chi connectivity index (χ0n) is 9.91. The summed E-state index contributed by atoms with van der Waals surface area (Å²) in [5, 5.41) is 0. The van der Waals surface area contributed by atoms with Gasteiger partial charge in [0.05, 0.1) is 18.0 Å². The van der Waals surface area contributed by atoms with Crippen molar-refractivity contribution in [2.45, 2.75) is 26.2 Å². The van der Waals surface area contributed by atoms with Crippen LogP contribution in [0.3, 0.4) is 0 Å². The lowest BCUT2D eigenvalue weighted by Gasteiger charge is -2.30. The van der Waals surface area contributed by atoms with E-state index < -0.39 is 0 Å². The number of hydrogen-bond donors (Lipinski definition) is 1. The fourth-order valence-electron chi connectivity index (χ4n) is 2.19. The maximum atomic E-state index is 6.02. The van der Waals surface area contributed by atoms with Crippen LogP contribution in [0.2, 0.25) is 0 Å². The van der Waals surface area contributed by atoms with Gasteiger partial charge in [0, 0.05) is 19.2 Å². The molecule has 1 aliphatic rings. The summed E-state index contributed by atoms with van der Waals surface area (Å²) in [5.41, 5.74) is 8.00. The smallest absolute Gasteiger partial charge is 0.121 e. The highest BCUT2D eigenvalue weighted by Crippen LogP contribution is 2.30. The van der Waals surface area contributed by atoms with Crippen LogP contribution in [0.5, 0.6) is 5.75 Å². The molecule has 1 aliphatic heterocycles. The molecule has 1 aromatic carbocycles. The van der Waals surface area contributed by atoms with Crippen molar-refractivity contribution in [2.75, 3.05) is 30.3 Å². The number of nitrogen functional groups attached to an aromatic ring is 1. The molecule has 16 heavy (non-hydrogen) atoms. The Bertz CT molecular complexity index is 346. The molecule has 2 rings (SSSR count). The first-order chi connectivity index (χ1) is 7.81. The Balaban J connectivity index is 2.19. The van der Waals surface area contributed by atoms with Crippen LogP contribution in [0.25, 0.3) is 0 Å². The number of nitrogens with two attached hydrogens (primary N) is 1. The molecule has 2 N–H and O–H groups in total. The van der Waals surface area contributed by atoms with Gasteiger partial charge in [-0.2, -0.15) is 0 Å². The largest absolute Gasteiger partial charge is 0.494 e. The molecule has 3 heteroatoms. The summed E-state index contributed by atoms with van der Waals surface area (Å²) in [4.78, 5) is 2.36. The molecule has 1 fully saturated rings. The number of piperidine rings is 1. The van der Waals surface area contributed by atoms with Gasteiger partial charge in [-0.1, -0.05) is 0 Å². The SMILES string of the molecule is CCOc1ccc(N)c(N2CCCCC2)c1. The van der Waals surface area contributed by atoms with Gasteiger partial charge in [0.25, 0.3) is 0 Å². The zero-order chi connectivity index (χ0) is 11.4. The van der Waals surface area contributed by atoms with Crippen molar-refractivity contribution < 1.29 is 4.74 Å². The minimum Gasteiger partial charge on any atom is -0.494 e. The third kappa shape index (κ3) is 2.40. The zero-order valence-corrected chi connectivity index (χ0v) is 9.91. The van der Waals surface area contributed by atoms with Gasteiger partial charge in [-0.15, -0.1) is 0 Å². The van der Waals surface area contributed by atoms with Crippen LogP contribution in [0, 0.1) is 0 Å². The summed E-state index contributed by atoms with van der Waals surface area (Å²) in [5.74, 6) is 0.914. The molecule has 0 unspecified atom stereocenters. The van der Waals surface area contributed by atoms with Crippen LogP contribution in [0.1, 0.15) is 26.2 Å². The molecule has 0 bridgehead atoms. The molecule has 1 heterocycles. The highest BCUT2D eigenvalue weighted by molar-refractivity contribution is 5.69. The van der Waals surface area contributed by atoms with Crippen LogP contribution >= 0.6 is 0 Å². The molecule has 1 saturated heterocycles. The van der Waals surface area contributed by atoms with E-state index in [2.05, 4.69) is 11.0 Å². The predicted octanol–water partition coefficient (Wildman–Crippen LogP) is 2.66. The topological polar surface area (TPSA) is 38.5 Å². The van der Waals surface area contributed by atoms with E-state index in [1.165, 1.54) is 19.3 Å². The van der Waals surface area contributed by atoms with Gasteiger partial charge < -0.3 is 15.4 Å². The van der Waals surface area contributed by atoms with E-state index in [1.807, 2.05) is 19.1 Å². The Morgan fingerprint density at radius 2 is 2.00 bits per heavy atom. The van der Waals surface area contributed by atoms with Gasteiger partial charge in [-0.05, 0) is 38.3 Å². The lowest BCUT2D eigenvalue weighted by Crippen LogP contribution is -2.30. The molecule has 0 saturated carbocycles. The van der Waals surface area contributed by atoms with Gasteiger partial charge in [0.15, 0.2) is 0 Å². The first kappa shape index (κ1) is 11.1. The molecular weight excluding hydrogens is 200 g/mol.